The summed E-state index contributed by atoms with van der Waals surface area (Å²) in [6.45, 7) is 0.932. The maximum atomic E-state index is 2.41. The SMILES string of the molecule is c1ccc(Cn2c3ccccc3c3sccc32)cc1. The van der Waals surface area contributed by atoms with E-state index >= 15 is 0 Å². The lowest BCUT2D eigenvalue weighted by molar-refractivity contribution is 0.870. The van der Waals surface area contributed by atoms with Crippen LogP contribution in [0, 0.1) is 0 Å². The summed E-state index contributed by atoms with van der Waals surface area (Å²) < 4.78 is 3.81. The summed E-state index contributed by atoms with van der Waals surface area (Å²) in [4.78, 5) is 0. The molecule has 2 heterocycles. The quantitative estimate of drug-likeness (QED) is 0.484. The van der Waals surface area contributed by atoms with Crippen LogP contribution in [-0.4, -0.2) is 4.57 Å². The number of fused-ring (bicyclic) bond motifs is 3. The molecule has 0 unspecified atom stereocenters. The van der Waals surface area contributed by atoms with Crippen molar-refractivity contribution in [2.45, 2.75) is 6.54 Å². The zero-order valence-electron chi connectivity index (χ0n) is 10.4. The fourth-order valence-electron chi connectivity index (χ4n) is 2.68. The van der Waals surface area contributed by atoms with Gasteiger partial charge in [0.2, 0.25) is 0 Å². The predicted molar refractivity (Wildman–Crippen MR) is 82.9 cm³/mol. The van der Waals surface area contributed by atoms with Gasteiger partial charge in [-0.2, -0.15) is 0 Å². The maximum absolute atomic E-state index is 2.41. The van der Waals surface area contributed by atoms with Crippen LogP contribution in [0.15, 0.2) is 66.0 Å². The van der Waals surface area contributed by atoms with E-state index in [0.717, 1.165) is 6.54 Å². The molecule has 0 aliphatic carbocycles. The van der Waals surface area contributed by atoms with Crippen LogP contribution in [-0.2, 0) is 6.54 Å². The molecule has 0 radical (unpaired) electrons. The number of hydrogen-bond donors (Lipinski definition) is 0. The molecule has 0 fully saturated rings. The van der Waals surface area contributed by atoms with Crippen LogP contribution >= 0.6 is 11.3 Å². The van der Waals surface area contributed by atoms with Crippen LogP contribution < -0.4 is 0 Å². The first-order valence-corrected chi connectivity index (χ1v) is 7.30. The van der Waals surface area contributed by atoms with Crippen LogP contribution in [0.4, 0.5) is 0 Å². The Hall–Kier alpha value is -2.06. The third-order valence-electron chi connectivity index (χ3n) is 3.56. The Morgan fingerprint density at radius 3 is 2.47 bits per heavy atom. The fourth-order valence-corrected chi connectivity index (χ4v) is 3.62. The van der Waals surface area contributed by atoms with E-state index in [2.05, 4.69) is 70.6 Å². The molecule has 4 rings (SSSR count). The molecule has 1 nitrogen and oxygen atoms in total. The second-order valence-electron chi connectivity index (χ2n) is 4.72. The molecule has 2 heteroatoms. The molecule has 0 N–H and O–H groups in total. The molecule has 19 heavy (non-hydrogen) atoms. The number of benzene rings is 2. The zero-order chi connectivity index (χ0) is 12.7. The second-order valence-corrected chi connectivity index (χ2v) is 5.64. The number of thiophene rings is 1. The molecule has 0 amide bonds. The van der Waals surface area contributed by atoms with E-state index in [1.807, 2.05) is 11.3 Å². The van der Waals surface area contributed by atoms with Crippen molar-refractivity contribution in [3.63, 3.8) is 0 Å². The first-order chi connectivity index (χ1) is 9.43. The van der Waals surface area contributed by atoms with Gasteiger partial charge in [0.25, 0.3) is 0 Å². The van der Waals surface area contributed by atoms with Crippen LogP contribution in [0.1, 0.15) is 5.56 Å². The molecule has 0 aliphatic heterocycles. The van der Waals surface area contributed by atoms with Gasteiger partial charge in [-0.05, 0) is 23.1 Å². The molecular weight excluding hydrogens is 250 g/mol. The third-order valence-corrected chi connectivity index (χ3v) is 4.50. The Bertz CT molecular complexity index is 839. The lowest BCUT2D eigenvalue weighted by Crippen LogP contribution is -1.98. The van der Waals surface area contributed by atoms with Gasteiger partial charge in [0.1, 0.15) is 0 Å². The molecular formula is C17H13NS. The van der Waals surface area contributed by atoms with E-state index < -0.39 is 0 Å². The highest BCUT2D eigenvalue weighted by atomic mass is 32.1. The minimum atomic E-state index is 0.932. The molecule has 0 bridgehead atoms. The number of para-hydroxylation sites is 1. The molecule has 0 atom stereocenters. The van der Waals surface area contributed by atoms with Crippen molar-refractivity contribution in [1.29, 1.82) is 0 Å². The van der Waals surface area contributed by atoms with Crippen molar-refractivity contribution in [3.8, 4) is 0 Å². The predicted octanol–water partition coefficient (Wildman–Crippen LogP) is 4.90. The summed E-state index contributed by atoms with van der Waals surface area (Å²) in [5.74, 6) is 0. The van der Waals surface area contributed by atoms with Crippen LogP contribution in [0.25, 0.3) is 21.1 Å². The molecule has 0 saturated heterocycles. The van der Waals surface area contributed by atoms with Gasteiger partial charge in [-0.3, -0.25) is 0 Å². The molecule has 2 aromatic carbocycles. The van der Waals surface area contributed by atoms with Gasteiger partial charge < -0.3 is 4.57 Å². The minimum Gasteiger partial charge on any atom is -0.335 e. The molecule has 92 valence electrons. The Morgan fingerprint density at radius 1 is 0.789 bits per heavy atom. The topological polar surface area (TPSA) is 4.93 Å². The Kier molecular flexibility index (Phi) is 2.42. The standard InChI is InChI=1S/C17H13NS/c1-2-6-13(7-3-1)12-18-15-9-5-4-8-14(15)17-16(18)10-11-19-17/h1-11H,12H2. The number of aromatic nitrogens is 1. The molecule has 4 aromatic rings. The Labute approximate surface area is 115 Å². The van der Waals surface area contributed by atoms with Gasteiger partial charge in [0.15, 0.2) is 0 Å². The van der Waals surface area contributed by atoms with Crippen molar-refractivity contribution in [1.82, 2.24) is 4.57 Å². The van der Waals surface area contributed by atoms with E-state index in [9.17, 15) is 0 Å². The highest BCUT2D eigenvalue weighted by Gasteiger charge is 2.10. The van der Waals surface area contributed by atoms with Gasteiger partial charge in [-0.1, -0.05) is 48.5 Å². The number of hydrogen-bond acceptors (Lipinski definition) is 1. The highest BCUT2D eigenvalue weighted by molar-refractivity contribution is 7.18. The zero-order valence-corrected chi connectivity index (χ0v) is 11.2. The normalized spacial score (nSPS) is 11.4. The van der Waals surface area contributed by atoms with Gasteiger partial charge >= 0.3 is 0 Å². The minimum absolute atomic E-state index is 0.932. The van der Waals surface area contributed by atoms with E-state index in [4.69, 9.17) is 0 Å². The first-order valence-electron chi connectivity index (χ1n) is 6.42. The van der Waals surface area contributed by atoms with Gasteiger partial charge in [0, 0.05) is 11.9 Å². The first kappa shape index (κ1) is 10.8. The van der Waals surface area contributed by atoms with E-state index in [1.165, 1.54) is 26.7 Å². The summed E-state index contributed by atoms with van der Waals surface area (Å²) in [5.41, 5.74) is 4.01. The van der Waals surface area contributed by atoms with Crippen molar-refractivity contribution in [2.24, 2.45) is 0 Å². The van der Waals surface area contributed by atoms with E-state index in [1.54, 1.807) is 0 Å². The highest BCUT2D eigenvalue weighted by Crippen LogP contribution is 2.33. The number of nitrogens with zero attached hydrogens (tertiary/aromatic N) is 1. The fraction of sp³-hybridized carbons (Fsp3) is 0.0588. The number of rotatable bonds is 2. The molecule has 0 aliphatic rings. The van der Waals surface area contributed by atoms with E-state index in [0.29, 0.717) is 0 Å². The van der Waals surface area contributed by atoms with Gasteiger partial charge in [-0.15, -0.1) is 11.3 Å². The summed E-state index contributed by atoms with van der Waals surface area (Å²) in [6, 6.07) is 21.5. The lowest BCUT2D eigenvalue weighted by Gasteiger charge is -2.06. The largest absolute Gasteiger partial charge is 0.335 e. The smallest absolute Gasteiger partial charge is 0.0604 e. The average Bonchev–Trinajstić information content (AvgIpc) is 3.04. The summed E-state index contributed by atoms with van der Waals surface area (Å²) >= 11 is 1.83. The third kappa shape index (κ3) is 1.68. The summed E-state index contributed by atoms with van der Waals surface area (Å²) in [6.07, 6.45) is 0. The average molecular weight is 263 g/mol. The van der Waals surface area contributed by atoms with Crippen LogP contribution in [0.5, 0.6) is 0 Å². The second kappa shape index (κ2) is 4.25. The van der Waals surface area contributed by atoms with Crippen LogP contribution in [0.2, 0.25) is 0 Å². The van der Waals surface area contributed by atoms with Gasteiger partial charge in [-0.25, -0.2) is 0 Å². The monoisotopic (exact) mass is 263 g/mol. The van der Waals surface area contributed by atoms with Crippen molar-refractivity contribution in [2.75, 3.05) is 0 Å². The Balaban J connectivity index is 1.98. The van der Waals surface area contributed by atoms with Crippen molar-refractivity contribution >= 4 is 32.5 Å². The molecule has 0 saturated carbocycles. The lowest BCUT2D eigenvalue weighted by atomic mass is 10.2. The van der Waals surface area contributed by atoms with Crippen molar-refractivity contribution in [3.05, 3.63) is 71.6 Å². The van der Waals surface area contributed by atoms with Crippen LogP contribution in [0.3, 0.4) is 0 Å². The summed E-state index contributed by atoms with van der Waals surface area (Å²) in [5, 5.41) is 3.54. The van der Waals surface area contributed by atoms with Gasteiger partial charge in [0.05, 0.1) is 15.7 Å². The van der Waals surface area contributed by atoms with Crippen molar-refractivity contribution < 1.29 is 0 Å². The van der Waals surface area contributed by atoms with E-state index in [-0.39, 0.29) is 0 Å². The molecule has 2 aromatic heterocycles. The maximum Gasteiger partial charge on any atom is 0.0604 e. The Morgan fingerprint density at radius 2 is 1.58 bits per heavy atom. The summed E-state index contributed by atoms with van der Waals surface area (Å²) in [7, 11) is 0. The molecule has 0 spiro atoms.